The number of anilines is 1. The Bertz CT molecular complexity index is 1290. The smallest absolute Gasteiger partial charge is 0.410 e. The number of halogens is 1. The van der Waals surface area contributed by atoms with Gasteiger partial charge in [0, 0.05) is 34.9 Å². The summed E-state index contributed by atoms with van der Waals surface area (Å²) >= 11 is 3.63. The quantitative estimate of drug-likeness (QED) is 0.342. The predicted molar refractivity (Wildman–Crippen MR) is 153 cm³/mol. The zero-order valence-corrected chi connectivity index (χ0v) is 23.8. The molecule has 196 valence electrons. The van der Waals surface area contributed by atoms with Crippen molar-refractivity contribution in [1.82, 2.24) is 10.2 Å². The molecular weight excluding hydrogens is 530 g/mol. The predicted octanol–water partition coefficient (Wildman–Crippen LogP) is 7.21. The lowest BCUT2D eigenvalue weighted by atomic mass is 9.99. The van der Waals surface area contributed by atoms with E-state index in [1.54, 1.807) is 4.90 Å². The Morgan fingerprint density at radius 3 is 2.38 bits per heavy atom. The molecule has 3 aromatic carbocycles. The summed E-state index contributed by atoms with van der Waals surface area (Å²) in [6, 6.07) is 18.3. The molecule has 1 saturated heterocycles. The molecule has 1 aliphatic rings. The van der Waals surface area contributed by atoms with Crippen LogP contribution in [0.3, 0.4) is 0 Å². The molecule has 0 saturated carbocycles. The fourth-order valence-electron chi connectivity index (χ4n) is 4.74. The standard InChI is InChI=1S/C30H36BrN3O3/c1-19-10-11-22(33-21-14-16-34(17-15-21)29(36)37-30(3,4)5)18-26(19)28(35)32-20(2)23-12-13-27(31)25-9-7-6-8-24(23)25/h6-13,18,20-21,33H,14-17H2,1-5H3,(H,32,35). The van der Waals surface area contributed by atoms with Crippen LogP contribution < -0.4 is 10.6 Å². The largest absolute Gasteiger partial charge is 0.444 e. The molecule has 0 spiro atoms. The highest BCUT2D eigenvalue weighted by molar-refractivity contribution is 9.10. The molecular formula is C30H36BrN3O3. The van der Waals surface area contributed by atoms with Gasteiger partial charge in [-0.15, -0.1) is 0 Å². The second-order valence-corrected chi connectivity index (χ2v) is 11.6. The van der Waals surface area contributed by atoms with E-state index < -0.39 is 5.60 Å². The zero-order chi connectivity index (χ0) is 26.7. The molecule has 1 fully saturated rings. The van der Waals surface area contributed by atoms with Gasteiger partial charge in [-0.25, -0.2) is 4.79 Å². The number of rotatable bonds is 5. The SMILES string of the molecule is Cc1ccc(NC2CCN(C(=O)OC(C)(C)C)CC2)cc1C(=O)NC(C)c1ccc(Br)c2ccccc12. The van der Waals surface area contributed by atoms with Gasteiger partial charge in [0.2, 0.25) is 0 Å². The molecule has 1 aliphatic heterocycles. The first kappa shape index (κ1) is 27.0. The maximum atomic E-state index is 13.3. The zero-order valence-electron chi connectivity index (χ0n) is 22.2. The molecule has 2 amide bonds. The second-order valence-electron chi connectivity index (χ2n) is 10.8. The van der Waals surface area contributed by atoms with Gasteiger partial charge < -0.3 is 20.3 Å². The van der Waals surface area contributed by atoms with Gasteiger partial charge in [0.25, 0.3) is 5.91 Å². The maximum Gasteiger partial charge on any atom is 0.410 e. The Kier molecular flexibility index (Phi) is 8.12. The molecule has 0 aliphatic carbocycles. The van der Waals surface area contributed by atoms with Crippen molar-refractivity contribution in [1.29, 1.82) is 0 Å². The van der Waals surface area contributed by atoms with Gasteiger partial charge in [-0.2, -0.15) is 0 Å². The third-order valence-electron chi connectivity index (χ3n) is 6.72. The molecule has 0 radical (unpaired) electrons. The number of likely N-dealkylation sites (tertiary alicyclic amines) is 1. The van der Waals surface area contributed by atoms with E-state index in [0.29, 0.717) is 18.7 Å². The molecule has 2 N–H and O–H groups in total. The normalized spacial score (nSPS) is 15.4. The van der Waals surface area contributed by atoms with Crippen LogP contribution in [0.15, 0.2) is 59.1 Å². The number of benzene rings is 3. The first-order chi connectivity index (χ1) is 17.5. The van der Waals surface area contributed by atoms with Gasteiger partial charge >= 0.3 is 6.09 Å². The van der Waals surface area contributed by atoms with Crippen LogP contribution in [0.4, 0.5) is 10.5 Å². The van der Waals surface area contributed by atoms with Gasteiger partial charge in [0.1, 0.15) is 5.60 Å². The van der Waals surface area contributed by atoms with Crippen LogP contribution in [0.5, 0.6) is 0 Å². The lowest BCUT2D eigenvalue weighted by Crippen LogP contribution is -2.44. The fraction of sp³-hybridized carbons (Fsp3) is 0.400. The average molecular weight is 567 g/mol. The van der Waals surface area contributed by atoms with Crippen molar-refractivity contribution in [3.63, 3.8) is 0 Å². The Morgan fingerprint density at radius 1 is 1.03 bits per heavy atom. The number of hydrogen-bond donors (Lipinski definition) is 2. The molecule has 1 atom stereocenters. The minimum absolute atomic E-state index is 0.0969. The number of amides is 2. The molecule has 7 heteroatoms. The first-order valence-corrected chi connectivity index (χ1v) is 13.6. The van der Waals surface area contributed by atoms with Crippen molar-refractivity contribution < 1.29 is 14.3 Å². The van der Waals surface area contributed by atoms with E-state index in [4.69, 9.17) is 4.74 Å². The summed E-state index contributed by atoms with van der Waals surface area (Å²) < 4.78 is 6.54. The Balaban J connectivity index is 1.40. The number of fused-ring (bicyclic) bond motifs is 1. The van der Waals surface area contributed by atoms with Crippen molar-refractivity contribution in [2.24, 2.45) is 0 Å². The van der Waals surface area contributed by atoms with E-state index in [2.05, 4.69) is 44.8 Å². The van der Waals surface area contributed by atoms with E-state index in [9.17, 15) is 9.59 Å². The van der Waals surface area contributed by atoms with Gasteiger partial charge in [-0.05, 0) is 87.6 Å². The highest BCUT2D eigenvalue weighted by Crippen LogP contribution is 2.30. The van der Waals surface area contributed by atoms with Crippen molar-refractivity contribution in [3.05, 3.63) is 75.8 Å². The third kappa shape index (κ3) is 6.63. The lowest BCUT2D eigenvalue weighted by Gasteiger charge is -2.34. The summed E-state index contributed by atoms with van der Waals surface area (Å²) in [7, 11) is 0. The van der Waals surface area contributed by atoms with E-state index >= 15 is 0 Å². The second kappa shape index (κ2) is 11.1. The molecule has 4 rings (SSSR count). The van der Waals surface area contributed by atoms with Crippen LogP contribution in [0.2, 0.25) is 0 Å². The van der Waals surface area contributed by atoms with Crippen LogP contribution in [0.1, 0.15) is 68.1 Å². The number of aryl methyl sites for hydroxylation is 1. The summed E-state index contributed by atoms with van der Waals surface area (Å²) in [5, 5.41) is 9.00. The summed E-state index contributed by atoms with van der Waals surface area (Å²) in [4.78, 5) is 27.4. The van der Waals surface area contributed by atoms with Crippen LogP contribution in [-0.2, 0) is 4.74 Å². The minimum atomic E-state index is -0.493. The lowest BCUT2D eigenvalue weighted by molar-refractivity contribution is 0.0210. The van der Waals surface area contributed by atoms with E-state index in [-0.39, 0.29) is 24.1 Å². The van der Waals surface area contributed by atoms with Crippen LogP contribution in [0, 0.1) is 6.92 Å². The Morgan fingerprint density at radius 2 is 1.70 bits per heavy atom. The minimum Gasteiger partial charge on any atom is -0.444 e. The molecule has 0 aromatic heterocycles. The van der Waals surface area contributed by atoms with Gasteiger partial charge in [-0.3, -0.25) is 4.79 Å². The summed E-state index contributed by atoms with van der Waals surface area (Å²) in [5.41, 5.74) is 3.08. The molecule has 37 heavy (non-hydrogen) atoms. The van der Waals surface area contributed by atoms with Crippen molar-refractivity contribution >= 4 is 44.4 Å². The topological polar surface area (TPSA) is 70.7 Å². The molecule has 0 bridgehead atoms. The number of ether oxygens (including phenoxy) is 1. The van der Waals surface area contributed by atoms with Gasteiger partial charge in [0.05, 0.1) is 6.04 Å². The molecule has 3 aromatic rings. The number of nitrogens with one attached hydrogen (secondary N) is 2. The van der Waals surface area contributed by atoms with E-state index in [0.717, 1.165) is 44.9 Å². The van der Waals surface area contributed by atoms with Gasteiger partial charge in [0.15, 0.2) is 0 Å². The number of carbonyl (C=O) groups is 2. The fourth-order valence-corrected chi connectivity index (χ4v) is 5.22. The first-order valence-electron chi connectivity index (χ1n) is 12.8. The summed E-state index contributed by atoms with van der Waals surface area (Å²) in [5.74, 6) is -0.0969. The van der Waals surface area contributed by atoms with E-state index in [1.807, 2.05) is 71.0 Å². The van der Waals surface area contributed by atoms with Crippen LogP contribution in [-0.4, -0.2) is 41.6 Å². The Hall–Kier alpha value is -3.06. The molecule has 1 unspecified atom stereocenters. The highest BCUT2D eigenvalue weighted by Gasteiger charge is 2.27. The highest BCUT2D eigenvalue weighted by atomic mass is 79.9. The van der Waals surface area contributed by atoms with Crippen LogP contribution >= 0.6 is 15.9 Å². The molecule has 1 heterocycles. The maximum absolute atomic E-state index is 13.3. The number of carbonyl (C=O) groups excluding carboxylic acids is 2. The van der Waals surface area contributed by atoms with Crippen molar-refractivity contribution in [2.45, 2.75) is 65.1 Å². The monoisotopic (exact) mass is 565 g/mol. The number of nitrogens with zero attached hydrogens (tertiary/aromatic N) is 1. The van der Waals surface area contributed by atoms with E-state index in [1.165, 1.54) is 0 Å². The summed E-state index contributed by atoms with van der Waals surface area (Å²) in [6.07, 6.45) is 1.39. The van der Waals surface area contributed by atoms with Crippen molar-refractivity contribution in [3.8, 4) is 0 Å². The number of piperidine rings is 1. The summed E-state index contributed by atoms with van der Waals surface area (Å²) in [6.45, 7) is 10.9. The number of hydrogen-bond acceptors (Lipinski definition) is 4. The third-order valence-corrected chi connectivity index (χ3v) is 7.41. The van der Waals surface area contributed by atoms with Gasteiger partial charge in [-0.1, -0.05) is 52.3 Å². The van der Waals surface area contributed by atoms with Crippen LogP contribution in [0.25, 0.3) is 10.8 Å². The average Bonchev–Trinajstić information content (AvgIpc) is 2.85. The molecule has 6 nitrogen and oxygen atoms in total. The van der Waals surface area contributed by atoms with Crippen molar-refractivity contribution in [2.75, 3.05) is 18.4 Å². The Labute approximate surface area is 227 Å².